The maximum atomic E-state index is 8.76. The van der Waals surface area contributed by atoms with Crippen molar-refractivity contribution in [1.29, 1.82) is 5.26 Å². The molecule has 0 aliphatic carbocycles. The van der Waals surface area contributed by atoms with E-state index < -0.39 is 0 Å². The van der Waals surface area contributed by atoms with Crippen LogP contribution < -0.4 is 5.32 Å². The van der Waals surface area contributed by atoms with Crippen LogP contribution in [0.4, 0.5) is 0 Å². The van der Waals surface area contributed by atoms with Crippen molar-refractivity contribution < 1.29 is 0 Å². The number of nitrogens with one attached hydrogen (secondary N) is 1. The Balaban J connectivity index is 3.57. The van der Waals surface area contributed by atoms with Gasteiger partial charge in [-0.3, -0.25) is 0 Å². The summed E-state index contributed by atoms with van der Waals surface area (Å²) >= 11 is 1.91. The average molecular weight is 200 g/mol. The molecule has 2 nitrogen and oxygen atoms in total. The van der Waals surface area contributed by atoms with Crippen molar-refractivity contribution in [2.75, 3.05) is 12.3 Å². The van der Waals surface area contributed by atoms with E-state index in [2.05, 4.69) is 32.2 Å². The molecule has 0 aromatic carbocycles. The van der Waals surface area contributed by atoms with E-state index >= 15 is 0 Å². The molecule has 0 rings (SSSR count). The molecule has 0 aromatic heterocycles. The molecule has 0 spiro atoms. The van der Waals surface area contributed by atoms with Gasteiger partial charge in [-0.25, -0.2) is 0 Å². The van der Waals surface area contributed by atoms with Crippen LogP contribution in [0.15, 0.2) is 0 Å². The highest BCUT2D eigenvalue weighted by Crippen LogP contribution is 2.23. The lowest BCUT2D eigenvalue weighted by Gasteiger charge is -2.18. The van der Waals surface area contributed by atoms with Crippen LogP contribution in [-0.4, -0.2) is 23.1 Å². The predicted octanol–water partition coefficient (Wildman–Crippen LogP) is 2.41. The third-order valence-electron chi connectivity index (χ3n) is 1.55. The van der Waals surface area contributed by atoms with Gasteiger partial charge in [0.1, 0.15) is 0 Å². The maximum Gasteiger partial charge on any atom is 0.0960 e. The van der Waals surface area contributed by atoms with Gasteiger partial charge in [-0.15, -0.1) is 0 Å². The van der Waals surface area contributed by atoms with Crippen molar-refractivity contribution in [1.82, 2.24) is 5.32 Å². The third-order valence-corrected chi connectivity index (χ3v) is 2.85. The summed E-state index contributed by atoms with van der Waals surface area (Å²) in [5, 5.41) is 11.9. The van der Waals surface area contributed by atoms with E-state index in [-0.39, 0.29) is 6.04 Å². The van der Waals surface area contributed by atoms with Gasteiger partial charge >= 0.3 is 0 Å². The molecule has 0 bridgehead atoms. The van der Waals surface area contributed by atoms with Crippen LogP contribution >= 0.6 is 11.8 Å². The zero-order valence-corrected chi connectivity index (χ0v) is 9.87. The summed E-state index contributed by atoms with van der Waals surface area (Å²) in [7, 11) is 0. The van der Waals surface area contributed by atoms with E-state index in [1.54, 1.807) is 0 Å². The van der Waals surface area contributed by atoms with E-state index in [1.807, 2.05) is 18.7 Å². The van der Waals surface area contributed by atoms with Crippen LogP contribution in [0.25, 0.3) is 0 Å². The number of thioether (sulfide) groups is 1. The smallest absolute Gasteiger partial charge is 0.0960 e. The quantitative estimate of drug-likeness (QED) is 0.740. The normalized spacial score (nSPS) is 13.8. The first-order valence-electron chi connectivity index (χ1n) is 4.76. The number of hydrogen-bond donors (Lipinski definition) is 1. The summed E-state index contributed by atoms with van der Waals surface area (Å²) in [4.78, 5) is 0. The predicted molar refractivity (Wildman–Crippen MR) is 59.9 cm³/mol. The van der Waals surface area contributed by atoms with Crippen LogP contribution in [0, 0.1) is 11.3 Å². The monoisotopic (exact) mass is 200 g/mol. The molecule has 0 aromatic rings. The molecule has 0 aliphatic rings. The van der Waals surface area contributed by atoms with Crippen molar-refractivity contribution in [2.45, 2.75) is 44.9 Å². The minimum absolute atomic E-state index is 0.0276. The third kappa shape index (κ3) is 8.14. The minimum Gasteiger partial charge on any atom is -0.302 e. The summed E-state index contributed by atoms with van der Waals surface area (Å²) in [6.07, 6.45) is 0.937. The zero-order valence-electron chi connectivity index (χ0n) is 9.05. The molecule has 0 radical (unpaired) electrons. The SMILES string of the molecule is CCNC(C#N)CCSC(C)(C)C. The molecule has 0 aliphatic heterocycles. The number of hydrogen-bond acceptors (Lipinski definition) is 3. The van der Waals surface area contributed by atoms with Gasteiger partial charge in [0.05, 0.1) is 12.1 Å². The van der Waals surface area contributed by atoms with Crippen LogP contribution in [0.3, 0.4) is 0 Å². The van der Waals surface area contributed by atoms with Gasteiger partial charge in [0.25, 0.3) is 0 Å². The van der Waals surface area contributed by atoms with E-state index in [1.165, 1.54) is 0 Å². The van der Waals surface area contributed by atoms with Crippen LogP contribution in [0.5, 0.6) is 0 Å². The van der Waals surface area contributed by atoms with Gasteiger partial charge < -0.3 is 5.32 Å². The summed E-state index contributed by atoms with van der Waals surface area (Å²) in [6, 6.07) is 2.29. The van der Waals surface area contributed by atoms with Crippen molar-refractivity contribution >= 4 is 11.8 Å². The van der Waals surface area contributed by atoms with Gasteiger partial charge in [0.2, 0.25) is 0 Å². The average Bonchev–Trinajstić information content (AvgIpc) is 2.01. The van der Waals surface area contributed by atoms with E-state index in [0.717, 1.165) is 18.7 Å². The maximum absolute atomic E-state index is 8.76. The van der Waals surface area contributed by atoms with Crippen molar-refractivity contribution in [3.8, 4) is 6.07 Å². The minimum atomic E-state index is 0.0276. The van der Waals surface area contributed by atoms with Crippen molar-refractivity contribution in [2.24, 2.45) is 0 Å². The first kappa shape index (κ1) is 12.8. The highest BCUT2D eigenvalue weighted by molar-refractivity contribution is 8.00. The Hall–Kier alpha value is -0.200. The fraction of sp³-hybridized carbons (Fsp3) is 0.900. The van der Waals surface area contributed by atoms with Crippen LogP contribution in [0.2, 0.25) is 0 Å². The molecule has 0 fully saturated rings. The fourth-order valence-corrected chi connectivity index (χ4v) is 1.91. The number of rotatable bonds is 5. The van der Waals surface area contributed by atoms with Gasteiger partial charge in [0.15, 0.2) is 0 Å². The fourth-order valence-electron chi connectivity index (χ4n) is 0.942. The molecule has 0 heterocycles. The van der Waals surface area contributed by atoms with Gasteiger partial charge in [-0.2, -0.15) is 17.0 Å². The summed E-state index contributed by atoms with van der Waals surface area (Å²) < 4.78 is 0.312. The van der Waals surface area contributed by atoms with Crippen molar-refractivity contribution in [3.05, 3.63) is 0 Å². The Kier molecular flexibility index (Phi) is 6.19. The molecule has 0 saturated carbocycles. The highest BCUT2D eigenvalue weighted by atomic mass is 32.2. The molecule has 1 unspecified atom stereocenters. The molecule has 1 N–H and O–H groups in total. The second kappa shape index (κ2) is 6.28. The zero-order chi connectivity index (χ0) is 10.3. The molecule has 13 heavy (non-hydrogen) atoms. The van der Waals surface area contributed by atoms with E-state index in [9.17, 15) is 0 Å². The lowest BCUT2D eigenvalue weighted by atomic mass is 10.2. The second-order valence-electron chi connectivity index (χ2n) is 3.99. The Morgan fingerprint density at radius 3 is 2.46 bits per heavy atom. The largest absolute Gasteiger partial charge is 0.302 e. The van der Waals surface area contributed by atoms with Crippen molar-refractivity contribution in [3.63, 3.8) is 0 Å². The first-order chi connectivity index (χ1) is 5.99. The molecular weight excluding hydrogens is 180 g/mol. The van der Waals surface area contributed by atoms with Gasteiger partial charge in [-0.05, 0) is 18.7 Å². The molecule has 0 saturated heterocycles. The number of nitrogens with zero attached hydrogens (tertiary/aromatic N) is 1. The summed E-state index contributed by atoms with van der Waals surface area (Å²) in [6.45, 7) is 9.50. The Labute approximate surface area is 86.1 Å². The van der Waals surface area contributed by atoms with Crippen LogP contribution in [0.1, 0.15) is 34.1 Å². The summed E-state index contributed by atoms with van der Waals surface area (Å²) in [5.74, 6) is 1.05. The highest BCUT2D eigenvalue weighted by Gasteiger charge is 2.12. The molecule has 1 atom stereocenters. The molecule has 0 amide bonds. The Morgan fingerprint density at radius 2 is 2.08 bits per heavy atom. The molecule has 76 valence electrons. The van der Waals surface area contributed by atoms with Crippen LogP contribution in [-0.2, 0) is 0 Å². The van der Waals surface area contributed by atoms with Gasteiger partial charge in [0, 0.05) is 4.75 Å². The Bertz CT molecular complexity index is 167. The molecule has 3 heteroatoms. The van der Waals surface area contributed by atoms with E-state index in [4.69, 9.17) is 5.26 Å². The standard InChI is InChI=1S/C10H20N2S/c1-5-12-9(8-11)6-7-13-10(2,3)4/h9,12H,5-7H2,1-4H3. The Morgan fingerprint density at radius 1 is 1.46 bits per heavy atom. The topological polar surface area (TPSA) is 35.8 Å². The van der Waals surface area contributed by atoms with E-state index in [0.29, 0.717) is 4.75 Å². The molecular formula is C10H20N2S. The second-order valence-corrected chi connectivity index (χ2v) is 5.91. The van der Waals surface area contributed by atoms with Gasteiger partial charge in [-0.1, -0.05) is 27.7 Å². The lowest BCUT2D eigenvalue weighted by Crippen LogP contribution is -2.28. The number of nitriles is 1. The summed E-state index contributed by atoms with van der Waals surface area (Å²) in [5.41, 5.74) is 0. The first-order valence-corrected chi connectivity index (χ1v) is 5.75. The lowest BCUT2D eigenvalue weighted by molar-refractivity contribution is 0.611.